The summed E-state index contributed by atoms with van der Waals surface area (Å²) in [6.45, 7) is 9.32. The van der Waals surface area contributed by atoms with E-state index in [1.165, 1.54) is 109 Å². The Hall–Kier alpha value is 0. The van der Waals surface area contributed by atoms with Crippen LogP contribution >= 0.6 is 0 Å². The number of hydrogen-bond acceptors (Lipinski definition) is 0. The molecule has 0 nitrogen and oxygen atoms in total. The summed E-state index contributed by atoms with van der Waals surface area (Å²) < 4.78 is 0. The van der Waals surface area contributed by atoms with Crippen LogP contribution < -0.4 is 0 Å². The predicted octanol–water partition coefficient (Wildman–Crippen LogP) is 9.13. The Morgan fingerprint density at radius 1 is 0.417 bits per heavy atom. The minimum Gasteiger partial charge on any atom is -0.0654 e. The van der Waals surface area contributed by atoms with Gasteiger partial charge in [-0.25, -0.2) is 0 Å². The second kappa shape index (κ2) is 19.3. The molecule has 0 fully saturated rings. The molecule has 0 bridgehead atoms. The molecule has 0 aliphatic heterocycles. The standard InChI is InChI=1S/C24H49/c1-5-9-13-14-17-21-23(18-12-8-4)22-24(19-15-10-6-2)20-16-11-7-3/h22-24H,5-21H2,1-4H3. The molecule has 1 radical (unpaired) electrons. The normalized spacial score (nSPS) is 12.9. The molecule has 0 saturated heterocycles. The minimum atomic E-state index is 0.903. The van der Waals surface area contributed by atoms with Crippen LogP contribution in [0.25, 0.3) is 0 Å². The van der Waals surface area contributed by atoms with Gasteiger partial charge in [-0.1, -0.05) is 137 Å². The van der Waals surface area contributed by atoms with Gasteiger partial charge in [-0.15, -0.1) is 0 Å². The lowest BCUT2D eigenvalue weighted by atomic mass is 9.82. The van der Waals surface area contributed by atoms with Gasteiger partial charge in [0.05, 0.1) is 0 Å². The second-order valence-electron chi connectivity index (χ2n) is 8.05. The lowest BCUT2D eigenvalue weighted by Gasteiger charge is -2.24. The summed E-state index contributed by atoms with van der Waals surface area (Å²) in [6.07, 6.45) is 27.0. The maximum atomic E-state index is 2.82. The number of unbranched alkanes of at least 4 members (excludes halogenated alkanes) is 9. The van der Waals surface area contributed by atoms with Crippen LogP contribution in [0.3, 0.4) is 0 Å². The summed E-state index contributed by atoms with van der Waals surface area (Å²) in [7, 11) is 0. The molecule has 0 heterocycles. The molecule has 0 spiro atoms. The zero-order valence-electron chi connectivity index (χ0n) is 17.8. The van der Waals surface area contributed by atoms with E-state index in [0.29, 0.717) is 0 Å². The fraction of sp³-hybridized carbons (Fsp3) is 0.958. The van der Waals surface area contributed by atoms with E-state index in [4.69, 9.17) is 0 Å². The highest BCUT2D eigenvalue weighted by Gasteiger charge is 2.16. The van der Waals surface area contributed by atoms with Crippen LogP contribution in [0.2, 0.25) is 0 Å². The van der Waals surface area contributed by atoms with Gasteiger partial charge < -0.3 is 0 Å². The van der Waals surface area contributed by atoms with Gasteiger partial charge in [-0.3, -0.25) is 0 Å². The van der Waals surface area contributed by atoms with E-state index in [0.717, 1.165) is 11.8 Å². The third-order valence-corrected chi connectivity index (χ3v) is 5.51. The topological polar surface area (TPSA) is 0 Å². The maximum Gasteiger partial charge on any atom is -0.0324 e. The molecule has 1 atom stereocenters. The zero-order valence-corrected chi connectivity index (χ0v) is 17.8. The van der Waals surface area contributed by atoms with Crippen molar-refractivity contribution < 1.29 is 0 Å². The van der Waals surface area contributed by atoms with E-state index in [1.807, 2.05) is 0 Å². The Morgan fingerprint density at radius 3 is 1.21 bits per heavy atom. The van der Waals surface area contributed by atoms with Crippen molar-refractivity contribution in [1.82, 2.24) is 0 Å². The molecule has 0 N–H and O–H groups in total. The molecule has 0 rings (SSSR count). The van der Waals surface area contributed by atoms with E-state index in [9.17, 15) is 0 Å². The number of hydrogen-bond donors (Lipinski definition) is 0. The molecule has 0 saturated carbocycles. The van der Waals surface area contributed by atoms with Gasteiger partial charge in [0.15, 0.2) is 0 Å². The van der Waals surface area contributed by atoms with Gasteiger partial charge in [-0.2, -0.15) is 0 Å². The van der Waals surface area contributed by atoms with Crippen LogP contribution in [-0.4, -0.2) is 0 Å². The van der Waals surface area contributed by atoms with Crippen molar-refractivity contribution in [2.24, 2.45) is 11.8 Å². The molecule has 1 unspecified atom stereocenters. The van der Waals surface area contributed by atoms with Crippen molar-refractivity contribution in [1.29, 1.82) is 0 Å². The monoisotopic (exact) mass is 337 g/mol. The summed E-state index contributed by atoms with van der Waals surface area (Å²) in [5.41, 5.74) is 0. The highest BCUT2D eigenvalue weighted by Crippen LogP contribution is 2.29. The molecule has 0 amide bonds. The third-order valence-electron chi connectivity index (χ3n) is 5.51. The summed E-state index contributed by atoms with van der Waals surface area (Å²) in [6, 6.07) is 0. The first kappa shape index (κ1) is 24.0. The van der Waals surface area contributed by atoms with Gasteiger partial charge >= 0.3 is 0 Å². The Balaban J connectivity index is 4.26. The van der Waals surface area contributed by atoms with Crippen molar-refractivity contribution >= 4 is 0 Å². The van der Waals surface area contributed by atoms with E-state index in [1.54, 1.807) is 0 Å². The molecule has 0 aromatic heterocycles. The van der Waals surface area contributed by atoms with Crippen LogP contribution in [0.15, 0.2) is 0 Å². The average molecular weight is 338 g/mol. The molecular weight excluding hydrogens is 288 g/mol. The Bertz CT molecular complexity index is 210. The first-order valence-corrected chi connectivity index (χ1v) is 11.6. The SMILES string of the molecule is CCCCCCCC([CH]C(CCCCC)CCCCC)CCCC. The van der Waals surface area contributed by atoms with Gasteiger partial charge in [-0.05, 0) is 18.3 Å². The van der Waals surface area contributed by atoms with Crippen LogP contribution in [-0.2, 0) is 0 Å². The highest BCUT2D eigenvalue weighted by atomic mass is 14.2. The van der Waals surface area contributed by atoms with Crippen LogP contribution in [0.5, 0.6) is 0 Å². The molecule has 0 aliphatic carbocycles. The summed E-state index contributed by atoms with van der Waals surface area (Å²) in [5, 5.41) is 0. The van der Waals surface area contributed by atoms with Crippen LogP contribution in [0.4, 0.5) is 0 Å². The van der Waals surface area contributed by atoms with Crippen molar-refractivity contribution in [3.8, 4) is 0 Å². The Labute approximate surface area is 155 Å². The summed E-state index contributed by atoms with van der Waals surface area (Å²) >= 11 is 0. The Kier molecular flexibility index (Phi) is 19.3. The minimum absolute atomic E-state index is 0.903. The van der Waals surface area contributed by atoms with Crippen molar-refractivity contribution in [2.45, 2.75) is 137 Å². The number of rotatable bonds is 19. The first-order valence-electron chi connectivity index (χ1n) is 11.6. The van der Waals surface area contributed by atoms with Crippen LogP contribution in [0.1, 0.15) is 137 Å². The van der Waals surface area contributed by atoms with Crippen LogP contribution in [0, 0.1) is 18.3 Å². The molecule has 0 aromatic carbocycles. The summed E-state index contributed by atoms with van der Waals surface area (Å²) in [5.74, 6) is 1.81. The van der Waals surface area contributed by atoms with Crippen molar-refractivity contribution in [3.05, 3.63) is 6.42 Å². The average Bonchev–Trinajstić information content (AvgIpc) is 2.59. The van der Waals surface area contributed by atoms with E-state index in [2.05, 4.69) is 34.1 Å². The predicted molar refractivity (Wildman–Crippen MR) is 112 cm³/mol. The smallest absolute Gasteiger partial charge is 0.0324 e. The lowest BCUT2D eigenvalue weighted by molar-refractivity contribution is 0.370. The largest absolute Gasteiger partial charge is 0.0654 e. The van der Waals surface area contributed by atoms with Crippen molar-refractivity contribution in [2.75, 3.05) is 0 Å². The van der Waals surface area contributed by atoms with Crippen molar-refractivity contribution in [3.63, 3.8) is 0 Å². The molecule has 24 heavy (non-hydrogen) atoms. The highest BCUT2D eigenvalue weighted by molar-refractivity contribution is 4.84. The first-order chi connectivity index (χ1) is 11.8. The quantitative estimate of drug-likeness (QED) is 0.206. The van der Waals surface area contributed by atoms with Gasteiger partial charge in [0.25, 0.3) is 0 Å². The maximum absolute atomic E-state index is 2.82. The lowest BCUT2D eigenvalue weighted by Crippen LogP contribution is -2.11. The fourth-order valence-corrected chi connectivity index (χ4v) is 3.85. The van der Waals surface area contributed by atoms with E-state index >= 15 is 0 Å². The van der Waals surface area contributed by atoms with E-state index in [-0.39, 0.29) is 0 Å². The second-order valence-corrected chi connectivity index (χ2v) is 8.05. The molecular formula is C24H49. The van der Waals surface area contributed by atoms with Gasteiger partial charge in [0.1, 0.15) is 0 Å². The molecule has 0 aliphatic rings. The fourth-order valence-electron chi connectivity index (χ4n) is 3.85. The molecule has 0 aromatic rings. The van der Waals surface area contributed by atoms with E-state index < -0.39 is 0 Å². The Morgan fingerprint density at radius 2 is 0.750 bits per heavy atom. The molecule has 0 heteroatoms. The third kappa shape index (κ3) is 15.5. The van der Waals surface area contributed by atoms with Gasteiger partial charge in [0, 0.05) is 0 Å². The molecule has 145 valence electrons. The summed E-state index contributed by atoms with van der Waals surface area (Å²) in [4.78, 5) is 0. The zero-order chi connectivity index (χ0) is 17.9. The van der Waals surface area contributed by atoms with Gasteiger partial charge in [0.2, 0.25) is 0 Å².